The maximum atomic E-state index is 6.31. The van der Waals surface area contributed by atoms with Gasteiger partial charge in [0.15, 0.2) is 0 Å². The van der Waals surface area contributed by atoms with Gasteiger partial charge in [-0.2, -0.15) is 0 Å². The SMILES string of the molecule is CCCNC(c1ccncc1Cl)C1CCCCC1. The summed E-state index contributed by atoms with van der Waals surface area (Å²) in [6.07, 6.45) is 11.5. The van der Waals surface area contributed by atoms with E-state index in [1.54, 1.807) is 6.20 Å². The van der Waals surface area contributed by atoms with Crippen LogP contribution < -0.4 is 5.32 Å². The summed E-state index contributed by atoms with van der Waals surface area (Å²) in [5, 5.41) is 4.49. The molecule has 1 fully saturated rings. The first kappa shape index (κ1) is 13.8. The van der Waals surface area contributed by atoms with Crippen LogP contribution >= 0.6 is 11.6 Å². The number of halogens is 1. The van der Waals surface area contributed by atoms with Gasteiger partial charge in [0, 0.05) is 18.4 Å². The minimum atomic E-state index is 0.403. The quantitative estimate of drug-likeness (QED) is 0.857. The fraction of sp³-hybridized carbons (Fsp3) is 0.667. The van der Waals surface area contributed by atoms with Crippen LogP contribution in [0.3, 0.4) is 0 Å². The zero-order valence-electron chi connectivity index (χ0n) is 11.2. The van der Waals surface area contributed by atoms with E-state index in [9.17, 15) is 0 Å². The Morgan fingerprint density at radius 3 is 2.83 bits per heavy atom. The van der Waals surface area contributed by atoms with Gasteiger partial charge in [0.1, 0.15) is 0 Å². The zero-order chi connectivity index (χ0) is 12.8. The lowest BCUT2D eigenvalue weighted by Crippen LogP contribution is -2.30. The van der Waals surface area contributed by atoms with Crippen LogP contribution in [-0.4, -0.2) is 11.5 Å². The van der Waals surface area contributed by atoms with Crippen molar-refractivity contribution in [2.45, 2.75) is 51.5 Å². The Balaban J connectivity index is 2.15. The highest BCUT2D eigenvalue weighted by Crippen LogP contribution is 2.36. The second-order valence-corrected chi connectivity index (χ2v) is 5.63. The number of hydrogen-bond donors (Lipinski definition) is 1. The van der Waals surface area contributed by atoms with Crippen molar-refractivity contribution in [1.29, 1.82) is 0 Å². The van der Waals surface area contributed by atoms with Gasteiger partial charge in [-0.15, -0.1) is 0 Å². The van der Waals surface area contributed by atoms with Crippen LogP contribution in [0.15, 0.2) is 18.5 Å². The monoisotopic (exact) mass is 266 g/mol. The molecule has 0 spiro atoms. The molecule has 1 aliphatic rings. The summed E-state index contributed by atoms with van der Waals surface area (Å²) in [7, 11) is 0. The van der Waals surface area contributed by atoms with Gasteiger partial charge in [-0.1, -0.05) is 37.8 Å². The Morgan fingerprint density at radius 2 is 2.17 bits per heavy atom. The van der Waals surface area contributed by atoms with Crippen molar-refractivity contribution in [3.8, 4) is 0 Å². The molecule has 1 N–H and O–H groups in total. The largest absolute Gasteiger partial charge is 0.310 e. The second-order valence-electron chi connectivity index (χ2n) is 5.23. The van der Waals surface area contributed by atoms with Gasteiger partial charge in [-0.25, -0.2) is 0 Å². The molecule has 100 valence electrons. The smallest absolute Gasteiger partial charge is 0.0637 e. The Bertz CT molecular complexity index is 361. The summed E-state index contributed by atoms with van der Waals surface area (Å²) >= 11 is 6.31. The summed E-state index contributed by atoms with van der Waals surface area (Å²) in [6.45, 7) is 3.26. The van der Waals surface area contributed by atoms with Crippen molar-refractivity contribution in [1.82, 2.24) is 10.3 Å². The first-order valence-corrected chi connectivity index (χ1v) is 7.53. The molecule has 0 amide bonds. The van der Waals surface area contributed by atoms with E-state index in [2.05, 4.69) is 23.3 Å². The van der Waals surface area contributed by atoms with Crippen LogP contribution in [0.5, 0.6) is 0 Å². The normalized spacial score (nSPS) is 18.8. The van der Waals surface area contributed by atoms with Gasteiger partial charge in [0.05, 0.1) is 5.02 Å². The highest BCUT2D eigenvalue weighted by Gasteiger charge is 2.25. The van der Waals surface area contributed by atoms with Gasteiger partial charge in [-0.3, -0.25) is 4.98 Å². The van der Waals surface area contributed by atoms with E-state index < -0.39 is 0 Å². The number of nitrogens with one attached hydrogen (secondary N) is 1. The minimum Gasteiger partial charge on any atom is -0.310 e. The summed E-state index contributed by atoms with van der Waals surface area (Å²) < 4.78 is 0. The highest BCUT2D eigenvalue weighted by atomic mass is 35.5. The van der Waals surface area contributed by atoms with Gasteiger partial charge in [0.25, 0.3) is 0 Å². The van der Waals surface area contributed by atoms with Gasteiger partial charge in [0.2, 0.25) is 0 Å². The molecule has 0 saturated heterocycles. The molecule has 0 aromatic carbocycles. The Hall–Kier alpha value is -0.600. The van der Waals surface area contributed by atoms with E-state index in [1.807, 2.05) is 6.20 Å². The third kappa shape index (κ3) is 3.46. The fourth-order valence-electron chi connectivity index (χ4n) is 2.94. The maximum Gasteiger partial charge on any atom is 0.0637 e. The molecule has 0 radical (unpaired) electrons. The molecule has 2 nitrogen and oxygen atoms in total. The average molecular weight is 267 g/mol. The molecule has 1 aromatic rings. The minimum absolute atomic E-state index is 0.403. The van der Waals surface area contributed by atoms with Crippen molar-refractivity contribution in [3.05, 3.63) is 29.0 Å². The van der Waals surface area contributed by atoms with Crippen LogP contribution in [0.4, 0.5) is 0 Å². The van der Waals surface area contributed by atoms with E-state index in [-0.39, 0.29) is 0 Å². The average Bonchev–Trinajstić information content (AvgIpc) is 2.42. The summed E-state index contributed by atoms with van der Waals surface area (Å²) in [5.74, 6) is 0.727. The standard InChI is InChI=1S/C15H23ClN2/c1-2-9-18-15(12-6-4-3-5-7-12)13-8-10-17-11-14(13)16/h8,10-12,15,18H,2-7,9H2,1H3. The van der Waals surface area contributed by atoms with E-state index in [0.29, 0.717) is 6.04 Å². The van der Waals surface area contributed by atoms with Crippen LogP contribution in [0, 0.1) is 5.92 Å². The fourth-order valence-corrected chi connectivity index (χ4v) is 3.17. The second kappa shape index (κ2) is 7.10. The molecule has 1 unspecified atom stereocenters. The van der Waals surface area contributed by atoms with Crippen molar-refractivity contribution in [3.63, 3.8) is 0 Å². The molecule has 1 heterocycles. The van der Waals surface area contributed by atoms with E-state index in [1.165, 1.54) is 37.7 Å². The topological polar surface area (TPSA) is 24.9 Å². The van der Waals surface area contributed by atoms with Crippen LogP contribution in [0.2, 0.25) is 5.02 Å². The van der Waals surface area contributed by atoms with E-state index in [4.69, 9.17) is 11.6 Å². The lowest BCUT2D eigenvalue weighted by Gasteiger charge is -2.32. The number of aromatic nitrogens is 1. The predicted octanol–water partition coefficient (Wildman–Crippen LogP) is 4.36. The zero-order valence-corrected chi connectivity index (χ0v) is 11.9. The third-order valence-corrected chi connectivity index (χ3v) is 4.19. The molecule has 1 aromatic heterocycles. The van der Waals surface area contributed by atoms with Crippen molar-refractivity contribution >= 4 is 11.6 Å². The Labute approximate surface area is 115 Å². The summed E-state index contributed by atoms with van der Waals surface area (Å²) in [4.78, 5) is 4.09. The molecule has 0 bridgehead atoms. The van der Waals surface area contributed by atoms with Gasteiger partial charge >= 0.3 is 0 Å². The highest BCUT2D eigenvalue weighted by molar-refractivity contribution is 6.31. The molecular weight excluding hydrogens is 244 g/mol. The molecule has 2 rings (SSSR count). The lowest BCUT2D eigenvalue weighted by atomic mass is 9.81. The number of nitrogens with zero attached hydrogens (tertiary/aromatic N) is 1. The van der Waals surface area contributed by atoms with Gasteiger partial charge < -0.3 is 5.32 Å². The van der Waals surface area contributed by atoms with Crippen molar-refractivity contribution in [2.24, 2.45) is 5.92 Å². The Kier molecular flexibility index (Phi) is 5.45. The van der Waals surface area contributed by atoms with E-state index >= 15 is 0 Å². The Morgan fingerprint density at radius 1 is 1.39 bits per heavy atom. The molecule has 0 aliphatic heterocycles. The molecule has 18 heavy (non-hydrogen) atoms. The van der Waals surface area contributed by atoms with Crippen LogP contribution in [0.25, 0.3) is 0 Å². The lowest BCUT2D eigenvalue weighted by molar-refractivity contribution is 0.272. The first-order valence-electron chi connectivity index (χ1n) is 7.15. The van der Waals surface area contributed by atoms with Gasteiger partial charge in [-0.05, 0) is 43.4 Å². The third-order valence-electron chi connectivity index (χ3n) is 3.87. The number of rotatable bonds is 5. The summed E-state index contributed by atoms with van der Waals surface area (Å²) in [6, 6.07) is 2.48. The molecule has 1 atom stereocenters. The van der Waals surface area contributed by atoms with E-state index in [0.717, 1.165) is 23.9 Å². The van der Waals surface area contributed by atoms with Crippen molar-refractivity contribution in [2.75, 3.05) is 6.54 Å². The number of hydrogen-bond acceptors (Lipinski definition) is 2. The van der Waals surface area contributed by atoms with Crippen LogP contribution in [-0.2, 0) is 0 Å². The predicted molar refractivity (Wildman–Crippen MR) is 76.9 cm³/mol. The number of pyridine rings is 1. The summed E-state index contributed by atoms with van der Waals surface area (Å²) in [5.41, 5.74) is 1.23. The van der Waals surface area contributed by atoms with Crippen LogP contribution in [0.1, 0.15) is 57.1 Å². The molecule has 3 heteroatoms. The van der Waals surface area contributed by atoms with Crippen molar-refractivity contribution < 1.29 is 0 Å². The molecule has 1 aliphatic carbocycles. The molecule has 1 saturated carbocycles. The first-order chi connectivity index (χ1) is 8.83. The maximum absolute atomic E-state index is 6.31. The molecular formula is C15H23ClN2.